The molecule has 0 fully saturated rings. The molecule has 0 aliphatic carbocycles. The van der Waals surface area contributed by atoms with E-state index in [4.69, 9.17) is 4.74 Å². The Hall–Kier alpha value is -2.45. The SMILES string of the molecule is CSc1nc2nc(C)c(CC(=O)OCc3csc4ccccc34)c(C)n2n1. The summed E-state index contributed by atoms with van der Waals surface area (Å²) in [7, 11) is 0. The van der Waals surface area contributed by atoms with Crippen molar-refractivity contribution in [2.75, 3.05) is 6.26 Å². The maximum atomic E-state index is 12.4. The summed E-state index contributed by atoms with van der Waals surface area (Å²) in [5.41, 5.74) is 3.51. The molecule has 0 spiro atoms. The summed E-state index contributed by atoms with van der Waals surface area (Å²) in [4.78, 5) is 21.3. The molecular formula is C19H18N4O2S2. The summed E-state index contributed by atoms with van der Waals surface area (Å²) in [5, 5.41) is 8.26. The van der Waals surface area contributed by atoms with Crippen LogP contribution >= 0.6 is 23.1 Å². The molecule has 0 saturated heterocycles. The summed E-state index contributed by atoms with van der Waals surface area (Å²) < 4.78 is 8.42. The number of carbonyl (C=O) groups is 1. The Balaban J connectivity index is 1.52. The van der Waals surface area contributed by atoms with Crippen LogP contribution in [0.2, 0.25) is 0 Å². The van der Waals surface area contributed by atoms with Crippen LogP contribution in [-0.2, 0) is 22.6 Å². The maximum Gasteiger partial charge on any atom is 0.310 e. The Bertz CT molecular complexity index is 1150. The number of ether oxygens (including phenoxy) is 1. The first-order valence-corrected chi connectivity index (χ1v) is 10.5. The van der Waals surface area contributed by atoms with Crippen molar-refractivity contribution < 1.29 is 9.53 Å². The largest absolute Gasteiger partial charge is 0.461 e. The minimum Gasteiger partial charge on any atom is -0.461 e. The van der Waals surface area contributed by atoms with Gasteiger partial charge in [-0.25, -0.2) is 9.50 Å². The van der Waals surface area contributed by atoms with Crippen molar-refractivity contribution in [2.45, 2.75) is 32.0 Å². The molecule has 0 amide bonds. The van der Waals surface area contributed by atoms with Crippen molar-refractivity contribution in [1.82, 2.24) is 19.6 Å². The predicted molar refractivity (Wildman–Crippen MR) is 107 cm³/mol. The number of aryl methyl sites for hydroxylation is 2. The van der Waals surface area contributed by atoms with E-state index < -0.39 is 0 Å². The third kappa shape index (κ3) is 3.42. The van der Waals surface area contributed by atoms with Gasteiger partial charge in [0, 0.05) is 27.2 Å². The zero-order valence-electron chi connectivity index (χ0n) is 15.2. The quantitative estimate of drug-likeness (QED) is 0.374. The Labute approximate surface area is 164 Å². The second-order valence-corrected chi connectivity index (χ2v) is 7.85. The van der Waals surface area contributed by atoms with E-state index in [1.807, 2.05) is 37.6 Å². The summed E-state index contributed by atoms with van der Waals surface area (Å²) in [5.74, 6) is 0.277. The molecule has 0 unspecified atom stereocenters. The van der Waals surface area contributed by atoms with E-state index in [0.717, 1.165) is 27.9 Å². The van der Waals surface area contributed by atoms with E-state index >= 15 is 0 Å². The number of hydrogen-bond acceptors (Lipinski definition) is 7. The van der Waals surface area contributed by atoms with Crippen molar-refractivity contribution in [3.05, 3.63) is 52.2 Å². The first kappa shape index (κ1) is 17.9. The molecule has 4 aromatic rings. The molecule has 0 aliphatic heterocycles. The molecule has 3 aromatic heterocycles. The minimum absolute atomic E-state index is 0.164. The highest BCUT2D eigenvalue weighted by Crippen LogP contribution is 2.26. The Morgan fingerprint density at radius 1 is 1.26 bits per heavy atom. The standard InChI is InChI=1S/C19H18N4O2S2/c1-11-15(12(2)23-18(20-11)21-19(22-23)26-3)8-17(24)25-9-13-10-27-16-7-5-4-6-14(13)16/h4-7,10H,8-9H2,1-3H3. The van der Waals surface area contributed by atoms with Crippen LogP contribution in [0.1, 0.15) is 22.5 Å². The van der Waals surface area contributed by atoms with Gasteiger partial charge in [-0.1, -0.05) is 30.0 Å². The number of thioether (sulfide) groups is 1. The maximum absolute atomic E-state index is 12.4. The van der Waals surface area contributed by atoms with Crippen molar-refractivity contribution in [3.63, 3.8) is 0 Å². The van der Waals surface area contributed by atoms with Crippen LogP contribution in [0.3, 0.4) is 0 Å². The minimum atomic E-state index is -0.275. The van der Waals surface area contributed by atoms with Gasteiger partial charge in [0.2, 0.25) is 5.16 Å². The molecule has 0 saturated carbocycles. The van der Waals surface area contributed by atoms with Crippen LogP contribution in [0.15, 0.2) is 34.8 Å². The van der Waals surface area contributed by atoms with Gasteiger partial charge in [0.05, 0.1) is 6.42 Å². The topological polar surface area (TPSA) is 69.4 Å². The molecule has 0 bridgehead atoms. The summed E-state index contributed by atoms with van der Waals surface area (Å²) in [6.07, 6.45) is 2.08. The first-order chi connectivity index (χ1) is 13.1. The lowest BCUT2D eigenvalue weighted by Gasteiger charge is -2.10. The lowest BCUT2D eigenvalue weighted by atomic mass is 10.1. The summed E-state index contributed by atoms with van der Waals surface area (Å²) >= 11 is 3.12. The second kappa shape index (κ2) is 7.28. The monoisotopic (exact) mass is 398 g/mol. The van der Waals surface area contributed by atoms with Crippen molar-refractivity contribution in [1.29, 1.82) is 0 Å². The van der Waals surface area contributed by atoms with E-state index in [9.17, 15) is 4.79 Å². The van der Waals surface area contributed by atoms with Crippen LogP contribution in [-0.4, -0.2) is 31.8 Å². The lowest BCUT2D eigenvalue weighted by molar-refractivity contribution is -0.144. The van der Waals surface area contributed by atoms with Gasteiger partial charge in [-0.3, -0.25) is 4.79 Å². The normalized spacial score (nSPS) is 11.4. The van der Waals surface area contributed by atoms with Gasteiger partial charge in [-0.2, -0.15) is 4.98 Å². The molecule has 0 aliphatic rings. The van der Waals surface area contributed by atoms with E-state index in [1.165, 1.54) is 16.5 Å². The summed E-state index contributed by atoms with van der Waals surface area (Å²) in [6, 6.07) is 8.12. The molecule has 3 heterocycles. The number of benzene rings is 1. The molecule has 4 rings (SSSR count). The van der Waals surface area contributed by atoms with Gasteiger partial charge < -0.3 is 4.74 Å². The summed E-state index contributed by atoms with van der Waals surface area (Å²) in [6.45, 7) is 4.08. The molecule has 27 heavy (non-hydrogen) atoms. The molecule has 6 nitrogen and oxygen atoms in total. The number of aromatic nitrogens is 4. The number of hydrogen-bond donors (Lipinski definition) is 0. The van der Waals surface area contributed by atoms with Gasteiger partial charge in [0.15, 0.2) is 0 Å². The van der Waals surface area contributed by atoms with Crippen molar-refractivity contribution >= 4 is 44.9 Å². The van der Waals surface area contributed by atoms with E-state index in [-0.39, 0.29) is 19.0 Å². The average molecular weight is 399 g/mol. The second-order valence-electron chi connectivity index (χ2n) is 6.17. The van der Waals surface area contributed by atoms with Gasteiger partial charge in [0.25, 0.3) is 5.78 Å². The Kier molecular flexibility index (Phi) is 4.84. The van der Waals surface area contributed by atoms with E-state index in [2.05, 4.69) is 27.2 Å². The van der Waals surface area contributed by atoms with Crippen LogP contribution in [0.25, 0.3) is 15.9 Å². The highest BCUT2D eigenvalue weighted by Gasteiger charge is 2.17. The van der Waals surface area contributed by atoms with Crippen molar-refractivity contribution in [3.8, 4) is 0 Å². The lowest BCUT2D eigenvalue weighted by Crippen LogP contribution is -2.13. The van der Waals surface area contributed by atoms with E-state index in [0.29, 0.717) is 10.9 Å². The molecular weight excluding hydrogens is 380 g/mol. The number of nitrogens with zero attached hydrogens (tertiary/aromatic N) is 4. The van der Waals surface area contributed by atoms with Gasteiger partial charge in [-0.05, 0) is 36.9 Å². The van der Waals surface area contributed by atoms with Crippen LogP contribution in [0.4, 0.5) is 0 Å². The fourth-order valence-electron chi connectivity index (χ4n) is 3.03. The van der Waals surface area contributed by atoms with Crippen molar-refractivity contribution in [2.24, 2.45) is 0 Å². The number of thiophene rings is 1. The number of esters is 1. The Morgan fingerprint density at radius 2 is 2.07 bits per heavy atom. The fraction of sp³-hybridized carbons (Fsp3) is 0.263. The molecule has 0 atom stereocenters. The molecule has 0 N–H and O–H groups in total. The third-order valence-electron chi connectivity index (χ3n) is 4.48. The molecule has 8 heteroatoms. The molecule has 138 valence electrons. The van der Waals surface area contributed by atoms with Gasteiger partial charge in [0.1, 0.15) is 6.61 Å². The smallest absolute Gasteiger partial charge is 0.310 e. The van der Waals surface area contributed by atoms with Crippen LogP contribution in [0.5, 0.6) is 0 Å². The third-order valence-corrected chi connectivity index (χ3v) is 6.03. The first-order valence-electron chi connectivity index (χ1n) is 8.44. The number of rotatable bonds is 5. The highest BCUT2D eigenvalue weighted by atomic mass is 32.2. The zero-order chi connectivity index (χ0) is 19.0. The number of fused-ring (bicyclic) bond motifs is 2. The zero-order valence-corrected chi connectivity index (χ0v) is 16.9. The molecule has 1 aromatic carbocycles. The predicted octanol–water partition coefficient (Wildman–Crippen LogP) is 3.96. The Morgan fingerprint density at radius 3 is 2.89 bits per heavy atom. The van der Waals surface area contributed by atoms with Gasteiger partial charge >= 0.3 is 5.97 Å². The van der Waals surface area contributed by atoms with E-state index in [1.54, 1.807) is 15.9 Å². The number of carbonyl (C=O) groups excluding carboxylic acids is 1. The highest BCUT2D eigenvalue weighted by molar-refractivity contribution is 7.98. The fourth-order valence-corrected chi connectivity index (χ4v) is 4.31. The van der Waals surface area contributed by atoms with Crippen LogP contribution in [0, 0.1) is 13.8 Å². The van der Waals surface area contributed by atoms with Crippen LogP contribution < -0.4 is 0 Å². The van der Waals surface area contributed by atoms with Gasteiger partial charge in [-0.15, -0.1) is 16.4 Å². The molecule has 0 radical (unpaired) electrons. The average Bonchev–Trinajstić information content (AvgIpc) is 3.27.